The summed E-state index contributed by atoms with van der Waals surface area (Å²) in [6.07, 6.45) is 4.46. The molecule has 6 rings (SSSR count). The number of nitrogens with zero attached hydrogens (tertiary/aromatic N) is 4. The smallest absolute Gasteiger partial charge is 0.144 e. The van der Waals surface area contributed by atoms with Crippen LogP contribution in [-0.2, 0) is 11.3 Å². The molecule has 3 aromatic carbocycles. The van der Waals surface area contributed by atoms with Gasteiger partial charge in [-0.3, -0.25) is 5.10 Å². The summed E-state index contributed by atoms with van der Waals surface area (Å²) in [5.74, 6) is 7.05. The first kappa shape index (κ1) is 22.2. The van der Waals surface area contributed by atoms with E-state index in [1.165, 1.54) is 0 Å². The number of aromatic nitrogens is 4. The predicted molar refractivity (Wildman–Crippen MR) is 140 cm³/mol. The molecule has 7 heteroatoms. The second-order valence-electron chi connectivity index (χ2n) is 9.04. The maximum atomic E-state index is 10.8. The molecule has 2 aromatic heterocycles. The molecule has 0 aliphatic carbocycles. The van der Waals surface area contributed by atoms with Gasteiger partial charge in [-0.15, -0.1) is 0 Å². The van der Waals surface area contributed by atoms with Crippen molar-refractivity contribution in [1.29, 1.82) is 0 Å². The van der Waals surface area contributed by atoms with Gasteiger partial charge in [0.2, 0.25) is 0 Å². The van der Waals surface area contributed by atoms with Crippen LogP contribution < -0.4 is 4.90 Å². The highest BCUT2D eigenvalue weighted by molar-refractivity contribution is 5.93. The first-order valence-electron chi connectivity index (χ1n) is 12.0. The second-order valence-corrected chi connectivity index (χ2v) is 9.04. The Hall–Kier alpha value is -4.25. The van der Waals surface area contributed by atoms with E-state index in [1.807, 2.05) is 48.7 Å². The van der Waals surface area contributed by atoms with E-state index in [0.29, 0.717) is 32.6 Å². The van der Waals surface area contributed by atoms with Crippen LogP contribution in [0.4, 0.5) is 11.5 Å². The summed E-state index contributed by atoms with van der Waals surface area (Å²) in [6, 6.07) is 22.4. The van der Waals surface area contributed by atoms with Gasteiger partial charge < -0.3 is 14.7 Å². The molecule has 7 nitrogen and oxygen atoms in total. The molecule has 0 spiro atoms. The van der Waals surface area contributed by atoms with Crippen molar-refractivity contribution in [1.82, 2.24) is 20.2 Å². The normalized spacial score (nSPS) is 14.9. The third kappa shape index (κ3) is 4.52. The van der Waals surface area contributed by atoms with E-state index in [4.69, 9.17) is 9.72 Å². The summed E-state index contributed by atoms with van der Waals surface area (Å²) in [7, 11) is 0. The van der Waals surface area contributed by atoms with E-state index in [9.17, 15) is 5.11 Å². The lowest BCUT2D eigenvalue weighted by Gasteiger charge is -2.26. The molecular weight excluding hydrogens is 450 g/mol. The van der Waals surface area contributed by atoms with Gasteiger partial charge in [0.25, 0.3) is 0 Å². The Morgan fingerprint density at radius 3 is 2.72 bits per heavy atom. The molecule has 0 bridgehead atoms. The Bertz CT molecular complexity index is 1580. The van der Waals surface area contributed by atoms with Crippen molar-refractivity contribution in [2.24, 2.45) is 0 Å². The monoisotopic (exact) mass is 475 g/mol. The van der Waals surface area contributed by atoms with E-state index in [0.717, 1.165) is 44.4 Å². The molecule has 1 saturated heterocycles. The summed E-state index contributed by atoms with van der Waals surface area (Å²) < 4.78 is 5.37. The van der Waals surface area contributed by atoms with E-state index in [-0.39, 0.29) is 0 Å². The summed E-state index contributed by atoms with van der Waals surface area (Å²) >= 11 is 0. The van der Waals surface area contributed by atoms with Crippen molar-refractivity contribution in [3.8, 4) is 11.8 Å². The second kappa shape index (κ2) is 9.42. The number of anilines is 2. The Morgan fingerprint density at radius 2 is 1.86 bits per heavy atom. The topological polar surface area (TPSA) is 87.2 Å². The number of hydrogen-bond acceptors (Lipinski definition) is 6. The maximum absolute atomic E-state index is 10.8. The number of benzene rings is 3. The quantitative estimate of drug-likeness (QED) is 0.365. The average molecular weight is 476 g/mol. The van der Waals surface area contributed by atoms with Crippen molar-refractivity contribution < 1.29 is 9.84 Å². The van der Waals surface area contributed by atoms with Crippen LogP contribution in [0.1, 0.15) is 24.0 Å². The van der Waals surface area contributed by atoms with Crippen LogP contribution in [0, 0.1) is 11.8 Å². The third-order valence-electron chi connectivity index (χ3n) is 6.55. The highest BCUT2D eigenvalue weighted by Crippen LogP contribution is 2.33. The zero-order valence-corrected chi connectivity index (χ0v) is 19.7. The predicted octanol–water partition coefficient (Wildman–Crippen LogP) is 4.74. The minimum Gasteiger partial charge on any atom is -0.381 e. The number of fused-ring (bicyclic) bond motifs is 2. The highest BCUT2D eigenvalue weighted by atomic mass is 16.5. The summed E-state index contributed by atoms with van der Waals surface area (Å²) in [4.78, 5) is 11.4. The molecule has 5 aromatic rings. The maximum Gasteiger partial charge on any atom is 0.144 e. The Labute approximate surface area is 208 Å². The van der Waals surface area contributed by atoms with Gasteiger partial charge in [0.05, 0.1) is 30.4 Å². The molecule has 178 valence electrons. The van der Waals surface area contributed by atoms with Gasteiger partial charge in [0, 0.05) is 41.4 Å². The van der Waals surface area contributed by atoms with Crippen molar-refractivity contribution in [2.75, 3.05) is 18.1 Å². The number of aliphatic hydroxyl groups is 1. The molecule has 0 amide bonds. The lowest BCUT2D eigenvalue weighted by atomic mass is 9.95. The van der Waals surface area contributed by atoms with Gasteiger partial charge in [-0.2, -0.15) is 5.10 Å². The largest absolute Gasteiger partial charge is 0.381 e. The van der Waals surface area contributed by atoms with Gasteiger partial charge in [-0.05, 0) is 42.0 Å². The Balaban J connectivity index is 1.45. The van der Waals surface area contributed by atoms with Crippen LogP contribution >= 0.6 is 0 Å². The fraction of sp³-hybridized carbons (Fsp3) is 0.207. The van der Waals surface area contributed by atoms with Crippen molar-refractivity contribution >= 4 is 33.3 Å². The first-order valence-corrected chi connectivity index (χ1v) is 12.0. The molecule has 0 saturated carbocycles. The van der Waals surface area contributed by atoms with Crippen LogP contribution in [0.25, 0.3) is 21.8 Å². The molecule has 0 unspecified atom stereocenters. The molecule has 1 aliphatic rings. The van der Waals surface area contributed by atoms with Gasteiger partial charge in [0.1, 0.15) is 17.7 Å². The number of rotatable bonds is 4. The summed E-state index contributed by atoms with van der Waals surface area (Å²) in [6.45, 7) is 1.68. The van der Waals surface area contributed by atoms with Crippen LogP contribution in [0.15, 0.2) is 79.3 Å². The SMILES string of the molecule is OC1(C#Cc2ccc3ncnc(N(Cc4ccccc4)c4ccc5[nH]ncc5c4)c3c2)CCOCC1. The number of ether oxygens (including phenoxy) is 1. The Kier molecular flexibility index (Phi) is 5.82. The average Bonchev–Trinajstić information content (AvgIpc) is 3.39. The molecule has 0 radical (unpaired) electrons. The van der Waals surface area contributed by atoms with Crippen molar-refractivity contribution in [2.45, 2.75) is 25.0 Å². The van der Waals surface area contributed by atoms with Crippen molar-refractivity contribution in [3.63, 3.8) is 0 Å². The van der Waals surface area contributed by atoms with Gasteiger partial charge in [0.15, 0.2) is 0 Å². The van der Waals surface area contributed by atoms with Crippen LogP contribution in [-0.4, -0.2) is 44.1 Å². The van der Waals surface area contributed by atoms with Crippen LogP contribution in [0.5, 0.6) is 0 Å². The first-order chi connectivity index (χ1) is 17.7. The summed E-state index contributed by atoms with van der Waals surface area (Å²) in [5.41, 5.74) is 3.77. The molecule has 1 fully saturated rings. The van der Waals surface area contributed by atoms with E-state index >= 15 is 0 Å². The molecule has 1 aliphatic heterocycles. The zero-order valence-electron chi connectivity index (χ0n) is 19.7. The van der Waals surface area contributed by atoms with Gasteiger partial charge in [-0.1, -0.05) is 42.2 Å². The number of nitrogens with one attached hydrogen (secondary N) is 1. The molecule has 36 heavy (non-hydrogen) atoms. The van der Waals surface area contributed by atoms with Gasteiger partial charge >= 0.3 is 0 Å². The highest BCUT2D eigenvalue weighted by Gasteiger charge is 2.27. The van der Waals surface area contributed by atoms with E-state index < -0.39 is 5.60 Å². The number of hydrogen-bond donors (Lipinski definition) is 2. The van der Waals surface area contributed by atoms with E-state index in [2.05, 4.69) is 56.2 Å². The minimum atomic E-state index is -1.01. The van der Waals surface area contributed by atoms with Crippen molar-refractivity contribution in [3.05, 3.63) is 90.4 Å². The zero-order chi connectivity index (χ0) is 24.4. The lowest BCUT2D eigenvalue weighted by molar-refractivity contribution is -0.0261. The number of aromatic amines is 1. The number of H-pyrrole nitrogens is 1. The molecule has 3 heterocycles. The fourth-order valence-corrected chi connectivity index (χ4v) is 4.51. The molecule has 2 N–H and O–H groups in total. The Morgan fingerprint density at radius 1 is 1.00 bits per heavy atom. The van der Waals surface area contributed by atoms with E-state index in [1.54, 1.807) is 6.33 Å². The third-order valence-corrected chi connectivity index (χ3v) is 6.55. The lowest BCUT2D eigenvalue weighted by Crippen LogP contribution is -2.34. The fourth-order valence-electron chi connectivity index (χ4n) is 4.51. The molecular formula is C29H25N5O2. The van der Waals surface area contributed by atoms with Crippen LogP contribution in [0.3, 0.4) is 0 Å². The van der Waals surface area contributed by atoms with Gasteiger partial charge in [-0.25, -0.2) is 9.97 Å². The standard InChI is InChI=1S/C29H25N5O2/c35-29(12-14-36-15-13-29)11-10-21-6-8-27-25(16-21)28(31-20-30-27)34(19-22-4-2-1-3-5-22)24-7-9-26-23(17-24)18-32-33-26/h1-9,16-18,20,35H,12-15,19H2,(H,32,33). The minimum absolute atomic E-state index is 0.517. The molecule has 0 atom stereocenters. The van der Waals surface area contributed by atoms with Crippen LogP contribution in [0.2, 0.25) is 0 Å². The summed E-state index contributed by atoms with van der Waals surface area (Å²) in [5, 5.41) is 19.9.